The molecule has 30 heavy (non-hydrogen) atoms. The van der Waals surface area contributed by atoms with Crippen molar-refractivity contribution in [1.82, 2.24) is 25.0 Å². The third-order valence-electron chi connectivity index (χ3n) is 4.58. The minimum absolute atomic E-state index is 0.118. The molecule has 4 heterocycles. The van der Waals surface area contributed by atoms with Gasteiger partial charge in [-0.3, -0.25) is 10.1 Å². The molecule has 0 aliphatic carbocycles. The third-order valence-corrected chi connectivity index (χ3v) is 6.87. The highest BCUT2D eigenvalue weighted by molar-refractivity contribution is 7.15. The van der Waals surface area contributed by atoms with Crippen LogP contribution in [-0.2, 0) is 5.41 Å². The summed E-state index contributed by atoms with van der Waals surface area (Å²) in [4.78, 5) is 20.3. The summed E-state index contributed by atoms with van der Waals surface area (Å²) in [6.07, 6.45) is 1.71. The Hall–Kier alpha value is -2.65. The van der Waals surface area contributed by atoms with Gasteiger partial charge in [-0.1, -0.05) is 32.1 Å². The molecule has 0 fully saturated rings. The van der Waals surface area contributed by atoms with Gasteiger partial charge in [0.15, 0.2) is 5.65 Å². The number of pyridine rings is 1. The van der Waals surface area contributed by atoms with E-state index in [2.05, 4.69) is 54.4 Å². The lowest BCUT2D eigenvalue weighted by molar-refractivity contribution is 0.102. The molecule has 0 radical (unpaired) electrons. The minimum atomic E-state index is -0.239. The highest BCUT2D eigenvalue weighted by Gasteiger charge is 2.22. The van der Waals surface area contributed by atoms with Gasteiger partial charge < -0.3 is 0 Å². The highest BCUT2D eigenvalue weighted by Crippen LogP contribution is 2.32. The van der Waals surface area contributed by atoms with Crippen LogP contribution in [0.3, 0.4) is 0 Å². The molecule has 1 amide bonds. The smallest absolute Gasteiger partial charge is 0.258 e. The zero-order chi connectivity index (χ0) is 21.6. The summed E-state index contributed by atoms with van der Waals surface area (Å²) >= 11 is 3.05. The summed E-state index contributed by atoms with van der Waals surface area (Å²) in [6, 6.07) is 6.05. The number of aryl methyl sites for hydroxylation is 1. The molecular formula is C21H24N6OS2. The molecule has 0 aliphatic heterocycles. The van der Waals surface area contributed by atoms with Crippen molar-refractivity contribution in [2.75, 3.05) is 5.32 Å². The molecule has 0 saturated carbocycles. The van der Waals surface area contributed by atoms with E-state index in [0.29, 0.717) is 16.3 Å². The maximum atomic E-state index is 13.2. The molecule has 0 unspecified atom stereocenters. The first-order valence-electron chi connectivity index (χ1n) is 9.74. The van der Waals surface area contributed by atoms with Crippen molar-refractivity contribution in [3.63, 3.8) is 0 Å². The predicted molar refractivity (Wildman–Crippen MR) is 123 cm³/mol. The van der Waals surface area contributed by atoms with Gasteiger partial charge in [-0.15, -0.1) is 21.5 Å². The predicted octanol–water partition coefficient (Wildman–Crippen LogP) is 5.45. The van der Waals surface area contributed by atoms with Crippen molar-refractivity contribution in [3.05, 3.63) is 39.8 Å². The van der Waals surface area contributed by atoms with E-state index in [-0.39, 0.29) is 17.4 Å². The van der Waals surface area contributed by atoms with Crippen LogP contribution >= 0.6 is 22.7 Å². The van der Waals surface area contributed by atoms with Crippen molar-refractivity contribution in [2.45, 2.75) is 53.0 Å². The van der Waals surface area contributed by atoms with Crippen molar-refractivity contribution in [1.29, 1.82) is 0 Å². The van der Waals surface area contributed by atoms with Crippen molar-refractivity contribution in [2.24, 2.45) is 0 Å². The van der Waals surface area contributed by atoms with Gasteiger partial charge in [0.25, 0.3) is 5.91 Å². The van der Waals surface area contributed by atoms with Crippen LogP contribution in [0.1, 0.15) is 60.9 Å². The zero-order valence-corrected chi connectivity index (χ0v) is 19.5. The molecule has 0 spiro atoms. The van der Waals surface area contributed by atoms with E-state index in [4.69, 9.17) is 4.98 Å². The number of nitrogens with one attached hydrogen (secondary N) is 1. The van der Waals surface area contributed by atoms with Crippen LogP contribution in [-0.4, -0.2) is 30.9 Å². The summed E-state index contributed by atoms with van der Waals surface area (Å²) < 4.78 is 1.85. The topological polar surface area (TPSA) is 85.6 Å². The number of carbonyl (C=O) groups is 1. The molecular weight excluding hydrogens is 416 g/mol. The molecule has 7 nitrogen and oxygen atoms in total. The molecule has 0 bridgehead atoms. The number of aromatic nitrogens is 5. The molecule has 4 aromatic rings. The Balaban J connectivity index is 1.78. The maximum absolute atomic E-state index is 13.2. The van der Waals surface area contributed by atoms with Crippen LogP contribution in [0.25, 0.3) is 21.6 Å². The average Bonchev–Trinajstić information content (AvgIpc) is 3.38. The van der Waals surface area contributed by atoms with Gasteiger partial charge in [0.2, 0.25) is 5.13 Å². The fourth-order valence-corrected chi connectivity index (χ4v) is 4.65. The number of thiophene rings is 1. The Labute approximate surface area is 183 Å². The maximum Gasteiger partial charge on any atom is 0.258 e. The molecule has 0 aromatic carbocycles. The lowest BCUT2D eigenvalue weighted by atomic mass is 9.98. The Kier molecular flexibility index (Phi) is 5.19. The first-order chi connectivity index (χ1) is 14.1. The van der Waals surface area contributed by atoms with Gasteiger partial charge in [0, 0.05) is 16.3 Å². The Morgan fingerprint density at radius 2 is 1.93 bits per heavy atom. The minimum Gasteiger partial charge on any atom is -0.296 e. The lowest BCUT2D eigenvalue weighted by Gasteiger charge is -2.12. The van der Waals surface area contributed by atoms with E-state index >= 15 is 0 Å². The number of fused-ring (bicyclic) bond motifs is 1. The van der Waals surface area contributed by atoms with Gasteiger partial charge in [-0.05, 0) is 39.0 Å². The van der Waals surface area contributed by atoms with Crippen molar-refractivity contribution >= 4 is 44.7 Å². The van der Waals surface area contributed by atoms with E-state index in [1.54, 1.807) is 17.5 Å². The third kappa shape index (κ3) is 3.87. The standard InChI is InChI=1S/C21H24N6OS2/c1-11(2)27-17-14(10-22-27)13(9-15(23-17)16-8-7-12(3)29-16)18(28)24-20-26-25-19(30-20)21(4,5)6/h7-11H,1-6H3,(H,24,26,28). The van der Waals surface area contributed by atoms with E-state index in [9.17, 15) is 4.79 Å². The highest BCUT2D eigenvalue weighted by atomic mass is 32.1. The normalized spacial score (nSPS) is 12.1. The van der Waals surface area contributed by atoms with E-state index < -0.39 is 0 Å². The Bertz CT molecular complexity index is 1230. The molecule has 9 heteroatoms. The van der Waals surface area contributed by atoms with Gasteiger partial charge in [0.1, 0.15) is 5.01 Å². The van der Waals surface area contributed by atoms with Crippen LogP contribution in [0, 0.1) is 6.92 Å². The quantitative estimate of drug-likeness (QED) is 0.456. The lowest BCUT2D eigenvalue weighted by Crippen LogP contribution is -2.13. The number of rotatable bonds is 4. The summed E-state index contributed by atoms with van der Waals surface area (Å²) in [5.41, 5.74) is 1.88. The zero-order valence-electron chi connectivity index (χ0n) is 17.8. The number of nitrogens with zero attached hydrogens (tertiary/aromatic N) is 5. The summed E-state index contributed by atoms with van der Waals surface area (Å²) in [7, 11) is 0. The van der Waals surface area contributed by atoms with Crippen LogP contribution in [0.4, 0.5) is 5.13 Å². The largest absolute Gasteiger partial charge is 0.296 e. The molecule has 0 saturated heterocycles. The van der Waals surface area contributed by atoms with Gasteiger partial charge >= 0.3 is 0 Å². The van der Waals surface area contributed by atoms with Gasteiger partial charge in [-0.25, -0.2) is 9.67 Å². The second kappa shape index (κ2) is 7.55. The molecule has 0 atom stereocenters. The number of amides is 1. The molecule has 156 valence electrons. The van der Waals surface area contributed by atoms with E-state index in [0.717, 1.165) is 21.0 Å². The SMILES string of the molecule is Cc1ccc(-c2cc(C(=O)Nc3nnc(C(C)(C)C)s3)c3cnn(C(C)C)c3n2)s1. The number of anilines is 1. The van der Waals surface area contributed by atoms with Crippen LogP contribution < -0.4 is 5.32 Å². The summed E-state index contributed by atoms with van der Waals surface area (Å²) in [5, 5.41) is 17.8. The van der Waals surface area contributed by atoms with Crippen molar-refractivity contribution in [3.8, 4) is 10.6 Å². The molecule has 4 aromatic heterocycles. The van der Waals surface area contributed by atoms with Crippen LogP contribution in [0.5, 0.6) is 0 Å². The Morgan fingerprint density at radius 1 is 1.17 bits per heavy atom. The van der Waals surface area contributed by atoms with Crippen LogP contribution in [0.2, 0.25) is 0 Å². The monoisotopic (exact) mass is 440 g/mol. The Morgan fingerprint density at radius 3 is 2.53 bits per heavy atom. The van der Waals surface area contributed by atoms with Crippen LogP contribution in [0.15, 0.2) is 24.4 Å². The summed E-state index contributed by atoms with van der Waals surface area (Å²) in [5.74, 6) is -0.239. The fourth-order valence-electron chi connectivity index (χ4n) is 3.02. The number of carbonyl (C=O) groups excluding carboxylic acids is 1. The number of hydrogen-bond donors (Lipinski definition) is 1. The van der Waals surface area contributed by atoms with E-state index in [1.165, 1.54) is 16.2 Å². The first-order valence-corrected chi connectivity index (χ1v) is 11.4. The van der Waals surface area contributed by atoms with Gasteiger partial charge in [0.05, 0.1) is 27.7 Å². The average molecular weight is 441 g/mol. The van der Waals surface area contributed by atoms with E-state index in [1.807, 2.05) is 30.7 Å². The second-order valence-electron chi connectivity index (χ2n) is 8.50. The first kappa shape index (κ1) is 20.6. The van der Waals surface area contributed by atoms with Crippen molar-refractivity contribution < 1.29 is 4.79 Å². The molecule has 1 N–H and O–H groups in total. The molecule has 0 aliphatic rings. The number of hydrogen-bond acceptors (Lipinski definition) is 7. The second-order valence-corrected chi connectivity index (χ2v) is 10.8. The molecule has 4 rings (SSSR count). The fraction of sp³-hybridized carbons (Fsp3) is 0.381. The van der Waals surface area contributed by atoms with Gasteiger partial charge in [-0.2, -0.15) is 5.10 Å². The summed E-state index contributed by atoms with van der Waals surface area (Å²) in [6.45, 7) is 12.4.